The first-order valence-corrected chi connectivity index (χ1v) is 12.0. The van der Waals surface area contributed by atoms with Crippen molar-refractivity contribution >= 4 is 50.7 Å². The van der Waals surface area contributed by atoms with Gasteiger partial charge in [0.05, 0.1) is 6.26 Å². The zero-order chi connectivity index (χ0) is 19.7. The van der Waals surface area contributed by atoms with E-state index in [4.69, 9.17) is 11.6 Å². The Balaban J connectivity index is 1.88. The second kappa shape index (κ2) is 7.66. The average molecular weight is 428 g/mol. The number of sulfonamides is 1. The normalized spacial score (nSPS) is 14.9. The number of rotatable bonds is 3. The van der Waals surface area contributed by atoms with Crippen LogP contribution in [0.15, 0.2) is 71.6 Å². The second-order valence-electron chi connectivity index (χ2n) is 6.64. The van der Waals surface area contributed by atoms with E-state index < -0.39 is 10.0 Å². The number of benzene rings is 3. The molecule has 3 aromatic rings. The number of anilines is 1. The van der Waals surface area contributed by atoms with Crippen molar-refractivity contribution < 1.29 is 8.42 Å². The summed E-state index contributed by atoms with van der Waals surface area (Å²) in [4.78, 5) is 1.21. The van der Waals surface area contributed by atoms with Crippen LogP contribution in [0.1, 0.15) is 22.3 Å². The third-order valence-electron chi connectivity index (χ3n) is 4.42. The highest BCUT2D eigenvalue weighted by molar-refractivity contribution is 7.98. The molecular weight excluding hydrogens is 410 g/mol. The topological polar surface area (TPSA) is 46.2 Å². The molecule has 142 valence electrons. The van der Waals surface area contributed by atoms with Crippen molar-refractivity contribution in [3.8, 4) is 0 Å². The van der Waals surface area contributed by atoms with Crippen LogP contribution in [-0.4, -0.2) is 14.7 Å². The molecule has 0 amide bonds. The summed E-state index contributed by atoms with van der Waals surface area (Å²) in [6.07, 6.45) is 3.25. The molecule has 1 heterocycles. The molecule has 1 N–H and O–H groups in total. The number of nitrogens with one attached hydrogen (secondary N) is 1. The number of hydrogen-bond acceptors (Lipinski definition) is 3. The Kier molecular flexibility index (Phi) is 5.23. The van der Waals surface area contributed by atoms with Gasteiger partial charge in [0.2, 0.25) is 10.0 Å². The van der Waals surface area contributed by atoms with Crippen LogP contribution in [0.4, 0.5) is 5.69 Å². The fraction of sp³-hybridized carbons (Fsp3) is 0.0909. The molecule has 1 aliphatic rings. The first-order chi connectivity index (χ1) is 13.4. The van der Waals surface area contributed by atoms with E-state index in [-0.39, 0.29) is 0 Å². The molecule has 3 aromatic carbocycles. The average Bonchev–Trinajstić information content (AvgIpc) is 2.78. The summed E-state index contributed by atoms with van der Waals surface area (Å²) in [5.74, 6) is 0.847. The Morgan fingerprint density at radius 1 is 1.00 bits per heavy atom. The van der Waals surface area contributed by atoms with Crippen LogP contribution >= 0.6 is 23.4 Å². The van der Waals surface area contributed by atoms with Crippen molar-refractivity contribution in [3.05, 3.63) is 94.0 Å². The number of halogens is 1. The third-order valence-corrected chi connectivity index (χ3v) is 6.38. The predicted molar refractivity (Wildman–Crippen MR) is 119 cm³/mol. The molecule has 28 heavy (non-hydrogen) atoms. The van der Waals surface area contributed by atoms with Gasteiger partial charge in [0, 0.05) is 21.4 Å². The molecule has 0 bridgehead atoms. The van der Waals surface area contributed by atoms with E-state index in [2.05, 4.69) is 29.0 Å². The largest absolute Gasteiger partial charge is 0.284 e. The summed E-state index contributed by atoms with van der Waals surface area (Å²) in [5.41, 5.74) is 6.06. The quantitative estimate of drug-likeness (QED) is 0.565. The van der Waals surface area contributed by atoms with Gasteiger partial charge in [-0.25, -0.2) is 8.42 Å². The molecular formula is C22H18ClNO2S2. The Bertz CT molecular complexity index is 1190. The van der Waals surface area contributed by atoms with E-state index in [9.17, 15) is 8.42 Å². The van der Waals surface area contributed by atoms with Crippen LogP contribution < -0.4 is 4.72 Å². The standard InChI is InChI=1S/C22H18ClNO2S2/c1-28(25,26)24-18-6-4-5-15(11-18)12-21-19-10-9-17(23)13-16(19)14-27-22-8-3-2-7-20(21)22/h2-13,24H,14H2,1H3. The van der Waals surface area contributed by atoms with Gasteiger partial charge in [-0.3, -0.25) is 4.72 Å². The first kappa shape index (κ1) is 19.1. The van der Waals surface area contributed by atoms with Crippen LogP contribution in [0.2, 0.25) is 5.02 Å². The fourth-order valence-corrected chi connectivity index (χ4v) is 5.10. The number of hydrogen-bond donors (Lipinski definition) is 1. The summed E-state index contributed by atoms with van der Waals surface area (Å²) >= 11 is 8.03. The first-order valence-electron chi connectivity index (χ1n) is 8.70. The Labute approximate surface area is 174 Å². The van der Waals surface area contributed by atoms with Gasteiger partial charge in [0.15, 0.2) is 0 Å². The van der Waals surface area contributed by atoms with E-state index in [1.165, 1.54) is 10.5 Å². The van der Waals surface area contributed by atoms with Crippen LogP contribution in [0.3, 0.4) is 0 Å². The van der Waals surface area contributed by atoms with Gasteiger partial charge in [-0.1, -0.05) is 48.0 Å². The van der Waals surface area contributed by atoms with E-state index in [0.717, 1.165) is 39.3 Å². The molecule has 3 nitrogen and oxygen atoms in total. The van der Waals surface area contributed by atoms with Gasteiger partial charge in [0.1, 0.15) is 0 Å². The maximum absolute atomic E-state index is 11.6. The molecule has 0 atom stereocenters. The maximum Gasteiger partial charge on any atom is 0.229 e. The molecule has 0 fully saturated rings. The van der Waals surface area contributed by atoms with Gasteiger partial charge in [-0.15, -0.1) is 11.8 Å². The molecule has 0 spiro atoms. The summed E-state index contributed by atoms with van der Waals surface area (Å²) in [5, 5.41) is 0.726. The van der Waals surface area contributed by atoms with Crippen LogP contribution in [0.5, 0.6) is 0 Å². The predicted octanol–water partition coefficient (Wildman–Crippen LogP) is 5.91. The zero-order valence-electron chi connectivity index (χ0n) is 15.1. The molecule has 0 saturated carbocycles. The monoisotopic (exact) mass is 427 g/mol. The lowest BCUT2D eigenvalue weighted by Crippen LogP contribution is -2.09. The SMILES string of the molecule is CS(=O)(=O)Nc1cccc(C=C2c3ccc(Cl)cc3CSc3ccccc32)c1. The fourth-order valence-electron chi connectivity index (χ4n) is 3.29. The van der Waals surface area contributed by atoms with Gasteiger partial charge in [0.25, 0.3) is 0 Å². The minimum absolute atomic E-state index is 0.546. The Morgan fingerprint density at radius 2 is 1.82 bits per heavy atom. The molecule has 0 unspecified atom stereocenters. The second-order valence-corrected chi connectivity index (χ2v) is 9.85. The summed E-state index contributed by atoms with van der Waals surface area (Å²) < 4.78 is 25.7. The van der Waals surface area contributed by atoms with Crippen molar-refractivity contribution in [1.82, 2.24) is 0 Å². The molecule has 0 saturated heterocycles. The van der Waals surface area contributed by atoms with E-state index in [1.807, 2.05) is 42.5 Å². The lowest BCUT2D eigenvalue weighted by Gasteiger charge is -2.12. The summed E-state index contributed by atoms with van der Waals surface area (Å²) in [7, 11) is -3.32. The molecule has 0 aromatic heterocycles. The van der Waals surface area contributed by atoms with Crippen LogP contribution in [0, 0.1) is 0 Å². The van der Waals surface area contributed by atoms with Crippen molar-refractivity contribution in [2.24, 2.45) is 0 Å². The van der Waals surface area contributed by atoms with E-state index >= 15 is 0 Å². The van der Waals surface area contributed by atoms with E-state index in [0.29, 0.717) is 5.69 Å². The Morgan fingerprint density at radius 3 is 2.64 bits per heavy atom. The smallest absolute Gasteiger partial charge is 0.229 e. The van der Waals surface area contributed by atoms with Gasteiger partial charge in [-0.05, 0) is 64.2 Å². The third kappa shape index (κ3) is 4.27. The summed E-state index contributed by atoms with van der Waals surface area (Å²) in [6, 6.07) is 21.7. The lowest BCUT2D eigenvalue weighted by atomic mass is 9.92. The van der Waals surface area contributed by atoms with Crippen molar-refractivity contribution in [1.29, 1.82) is 0 Å². The van der Waals surface area contributed by atoms with Crippen LogP contribution in [0.25, 0.3) is 11.6 Å². The summed E-state index contributed by atoms with van der Waals surface area (Å²) in [6.45, 7) is 0. The number of fused-ring (bicyclic) bond motifs is 2. The highest BCUT2D eigenvalue weighted by atomic mass is 35.5. The van der Waals surface area contributed by atoms with Gasteiger partial charge < -0.3 is 0 Å². The minimum Gasteiger partial charge on any atom is -0.284 e. The van der Waals surface area contributed by atoms with Crippen molar-refractivity contribution in [3.63, 3.8) is 0 Å². The number of thioether (sulfide) groups is 1. The highest BCUT2D eigenvalue weighted by Crippen LogP contribution is 2.41. The van der Waals surface area contributed by atoms with Gasteiger partial charge in [-0.2, -0.15) is 0 Å². The van der Waals surface area contributed by atoms with E-state index in [1.54, 1.807) is 17.8 Å². The molecule has 4 rings (SSSR count). The zero-order valence-corrected chi connectivity index (χ0v) is 17.5. The molecule has 1 aliphatic heterocycles. The Hall–Kier alpha value is -2.21. The molecule has 6 heteroatoms. The van der Waals surface area contributed by atoms with Crippen molar-refractivity contribution in [2.75, 3.05) is 11.0 Å². The minimum atomic E-state index is -3.32. The van der Waals surface area contributed by atoms with Crippen LogP contribution in [-0.2, 0) is 15.8 Å². The van der Waals surface area contributed by atoms with Crippen molar-refractivity contribution in [2.45, 2.75) is 10.6 Å². The maximum atomic E-state index is 11.6. The molecule has 0 aliphatic carbocycles. The lowest BCUT2D eigenvalue weighted by molar-refractivity contribution is 0.607. The highest BCUT2D eigenvalue weighted by Gasteiger charge is 2.18. The molecule has 0 radical (unpaired) electrons. The van der Waals surface area contributed by atoms with Gasteiger partial charge >= 0.3 is 0 Å².